The molecular weight excluding hydrogens is 455 g/mol. The molecule has 0 saturated heterocycles. The number of nitrogens with one attached hydrogen (secondary N) is 1. The van der Waals surface area contributed by atoms with Crippen LogP contribution in [-0.4, -0.2) is 8.42 Å². The largest absolute Gasteiger partial charge is 0.348 e. The fraction of sp³-hybridized carbons (Fsp3) is 0.0870. The van der Waals surface area contributed by atoms with Crippen LogP contribution in [0.2, 0.25) is 5.02 Å². The Kier molecular flexibility index (Phi) is 7.39. The second kappa shape index (κ2) is 10.0. The summed E-state index contributed by atoms with van der Waals surface area (Å²) in [4.78, 5) is -0.377. The van der Waals surface area contributed by atoms with E-state index in [2.05, 4.69) is 5.32 Å². The normalized spacial score (nSPS) is 12.1. The molecule has 0 bridgehead atoms. The fourth-order valence-corrected chi connectivity index (χ4v) is 5.37. The van der Waals surface area contributed by atoms with Crippen molar-refractivity contribution >= 4 is 38.9 Å². The molecule has 0 aliphatic carbocycles. The van der Waals surface area contributed by atoms with Crippen molar-refractivity contribution in [2.75, 3.05) is 5.32 Å². The Morgan fingerprint density at radius 2 is 1.77 bits per heavy atom. The van der Waals surface area contributed by atoms with Crippen LogP contribution in [0.1, 0.15) is 11.1 Å². The highest BCUT2D eigenvalue weighted by Crippen LogP contribution is 2.32. The Bertz CT molecular complexity index is 1250. The van der Waals surface area contributed by atoms with E-state index in [-0.39, 0.29) is 15.7 Å². The van der Waals surface area contributed by atoms with Gasteiger partial charge in [-0.1, -0.05) is 48.0 Å². The van der Waals surface area contributed by atoms with E-state index in [1.54, 1.807) is 48.5 Å². The molecule has 0 aliphatic heterocycles. The third kappa shape index (κ3) is 5.67. The van der Waals surface area contributed by atoms with E-state index in [0.29, 0.717) is 16.5 Å². The van der Waals surface area contributed by atoms with Crippen molar-refractivity contribution < 1.29 is 12.8 Å². The van der Waals surface area contributed by atoms with Crippen LogP contribution in [0.15, 0.2) is 87.6 Å². The van der Waals surface area contributed by atoms with Crippen LogP contribution < -0.4 is 5.32 Å². The molecule has 0 fully saturated rings. The first-order valence-corrected chi connectivity index (χ1v) is 12.0. The molecule has 1 N–H and O–H groups in total. The van der Waals surface area contributed by atoms with E-state index in [4.69, 9.17) is 11.6 Å². The lowest BCUT2D eigenvalue weighted by Crippen LogP contribution is -2.10. The minimum Gasteiger partial charge on any atom is -0.348 e. The summed E-state index contributed by atoms with van der Waals surface area (Å²) in [5.41, 5.74) is 2.20. The van der Waals surface area contributed by atoms with Crippen molar-refractivity contribution in [2.45, 2.75) is 17.6 Å². The van der Waals surface area contributed by atoms with Gasteiger partial charge in [0.2, 0.25) is 9.84 Å². The SMILES string of the molecule is Cc1ccc(N/C(SCc2ccc(F)cc2)=C(/C#N)S(=O)(=O)c2ccccc2)cc1Cl. The number of nitrogens with zero attached hydrogens (tertiary/aromatic N) is 1. The Morgan fingerprint density at radius 3 is 2.39 bits per heavy atom. The molecule has 3 rings (SSSR count). The first-order chi connectivity index (χ1) is 14.8. The number of aryl methyl sites for hydroxylation is 1. The molecule has 8 heteroatoms. The molecule has 4 nitrogen and oxygen atoms in total. The lowest BCUT2D eigenvalue weighted by atomic mass is 10.2. The molecule has 31 heavy (non-hydrogen) atoms. The first-order valence-electron chi connectivity index (χ1n) is 9.16. The van der Waals surface area contributed by atoms with Crippen LogP contribution in [-0.2, 0) is 15.6 Å². The van der Waals surface area contributed by atoms with E-state index in [0.717, 1.165) is 22.9 Å². The fourth-order valence-electron chi connectivity index (χ4n) is 2.65. The summed E-state index contributed by atoms with van der Waals surface area (Å²) in [7, 11) is -4.06. The van der Waals surface area contributed by atoms with Gasteiger partial charge < -0.3 is 5.32 Å². The van der Waals surface area contributed by atoms with Gasteiger partial charge in [-0.15, -0.1) is 11.8 Å². The Balaban J connectivity index is 2.04. The summed E-state index contributed by atoms with van der Waals surface area (Å²) in [5.74, 6) is -0.0289. The third-order valence-corrected chi connectivity index (χ3v) is 7.69. The van der Waals surface area contributed by atoms with Crippen molar-refractivity contribution in [2.24, 2.45) is 0 Å². The molecule has 0 atom stereocenters. The van der Waals surface area contributed by atoms with Crippen molar-refractivity contribution in [1.29, 1.82) is 5.26 Å². The molecule has 0 unspecified atom stereocenters. The van der Waals surface area contributed by atoms with E-state index < -0.39 is 14.7 Å². The molecule has 0 heterocycles. The van der Waals surface area contributed by atoms with Crippen LogP contribution in [0.3, 0.4) is 0 Å². The van der Waals surface area contributed by atoms with Gasteiger partial charge in [0.25, 0.3) is 0 Å². The van der Waals surface area contributed by atoms with Gasteiger partial charge in [-0.05, 0) is 54.4 Å². The van der Waals surface area contributed by atoms with Crippen LogP contribution in [0.5, 0.6) is 0 Å². The van der Waals surface area contributed by atoms with E-state index >= 15 is 0 Å². The molecule has 0 aromatic heterocycles. The molecule has 0 saturated carbocycles. The molecule has 0 aliphatic rings. The summed E-state index contributed by atoms with van der Waals surface area (Å²) in [5, 5.41) is 13.5. The summed E-state index contributed by atoms with van der Waals surface area (Å²) >= 11 is 7.34. The zero-order valence-electron chi connectivity index (χ0n) is 16.5. The first kappa shape index (κ1) is 22.9. The third-order valence-electron chi connectivity index (χ3n) is 4.36. The van der Waals surface area contributed by atoms with Gasteiger partial charge in [0, 0.05) is 16.5 Å². The summed E-state index contributed by atoms with van der Waals surface area (Å²) in [6.07, 6.45) is 0. The second-order valence-corrected chi connectivity index (χ2v) is 9.87. The predicted molar refractivity (Wildman–Crippen MR) is 124 cm³/mol. The van der Waals surface area contributed by atoms with Gasteiger partial charge in [0.15, 0.2) is 4.91 Å². The maximum atomic E-state index is 13.2. The van der Waals surface area contributed by atoms with Gasteiger partial charge in [0.1, 0.15) is 16.9 Å². The quantitative estimate of drug-likeness (QED) is 0.408. The summed E-state index contributed by atoms with van der Waals surface area (Å²) < 4.78 is 39.5. The van der Waals surface area contributed by atoms with Crippen molar-refractivity contribution in [3.05, 3.63) is 105 Å². The van der Waals surface area contributed by atoms with Crippen molar-refractivity contribution in [3.63, 3.8) is 0 Å². The highest BCUT2D eigenvalue weighted by atomic mass is 35.5. The maximum Gasteiger partial charge on any atom is 0.219 e. The van der Waals surface area contributed by atoms with Gasteiger partial charge in [-0.25, -0.2) is 12.8 Å². The highest BCUT2D eigenvalue weighted by molar-refractivity contribution is 8.04. The molecular formula is C23H18ClFN2O2S2. The standard InChI is InChI=1S/C23H18ClFN2O2S2/c1-16-7-12-19(13-21(16)24)27-23(30-15-17-8-10-18(25)11-9-17)22(14-26)31(28,29)20-5-3-2-4-6-20/h2-13,27H,15H2,1H3/b23-22+. The zero-order valence-corrected chi connectivity index (χ0v) is 18.9. The molecule has 158 valence electrons. The topological polar surface area (TPSA) is 70.0 Å². The summed E-state index contributed by atoms with van der Waals surface area (Å²) in [6, 6.07) is 20.7. The average Bonchev–Trinajstić information content (AvgIpc) is 2.76. The zero-order chi connectivity index (χ0) is 22.4. The molecule has 0 radical (unpaired) electrons. The van der Waals surface area contributed by atoms with Crippen LogP contribution in [0, 0.1) is 24.1 Å². The number of hydrogen-bond donors (Lipinski definition) is 1. The lowest BCUT2D eigenvalue weighted by Gasteiger charge is -2.14. The number of thioether (sulfide) groups is 1. The van der Waals surface area contributed by atoms with E-state index in [1.165, 1.54) is 24.3 Å². The number of hydrogen-bond acceptors (Lipinski definition) is 5. The number of halogens is 2. The van der Waals surface area contributed by atoms with Crippen molar-refractivity contribution in [3.8, 4) is 6.07 Å². The van der Waals surface area contributed by atoms with E-state index in [1.807, 2.05) is 13.0 Å². The van der Waals surface area contributed by atoms with Crippen molar-refractivity contribution in [1.82, 2.24) is 0 Å². The summed E-state index contributed by atoms with van der Waals surface area (Å²) in [6.45, 7) is 1.85. The minimum atomic E-state index is -4.06. The average molecular weight is 473 g/mol. The Labute approximate surface area is 190 Å². The number of benzene rings is 3. The molecule has 3 aromatic rings. The molecule has 0 spiro atoms. The Morgan fingerprint density at radius 1 is 1.10 bits per heavy atom. The lowest BCUT2D eigenvalue weighted by molar-refractivity contribution is 0.603. The number of anilines is 1. The second-order valence-electron chi connectivity index (χ2n) is 6.59. The van der Waals surface area contributed by atoms with E-state index in [9.17, 15) is 18.1 Å². The predicted octanol–water partition coefficient (Wildman–Crippen LogP) is 6.30. The Hall–Kier alpha value is -2.79. The number of nitriles is 1. The monoisotopic (exact) mass is 472 g/mol. The van der Waals surface area contributed by atoms with Crippen LogP contribution in [0.25, 0.3) is 0 Å². The van der Waals surface area contributed by atoms with Crippen LogP contribution in [0.4, 0.5) is 10.1 Å². The van der Waals surface area contributed by atoms with Gasteiger partial charge in [-0.2, -0.15) is 5.26 Å². The van der Waals surface area contributed by atoms with Gasteiger partial charge in [0.05, 0.1) is 4.90 Å². The minimum absolute atomic E-state index is 0.0233. The number of rotatable bonds is 7. The van der Waals surface area contributed by atoms with Gasteiger partial charge >= 0.3 is 0 Å². The highest BCUT2D eigenvalue weighted by Gasteiger charge is 2.25. The van der Waals surface area contributed by atoms with Gasteiger partial charge in [-0.3, -0.25) is 0 Å². The molecule has 0 amide bonds. The molecule has 3 aromatic carbocycles. The van der Waals surface area contributed by atoms with Crippen LogP contribution >= 0.6 is 23.4 Å². The number of allylic oxidation sites excluding steroid dienone is 1. The number of sulfone groups is 1. The maximum absolute atomic E-state index is 13.2. The smallest absolute Gasteiger partial charge is 0.219 e.